The van der Waals surface area contributed by atoms with E-state index in [1.807, 2.05) is 0 Å². The standard InChI is InChI=1S/C13H16O7/c1-3-20-13(18)11(16)10(15)7-4-5-8(9(14)6-7)12(17)19-2/h4-6,10-11,14-16H,3H2,1-2H3. The van der Waals surface area contributed by atoms with Crippen LogP contribution in [-0.2, 0) is 14.3 Å². The number of hydrogen-bond donors (Lipinski definition) is 3. The van der Waals surface area contributed by atoms with Crippen molar-refractivity contribution in [2.75, 3.05) is 13.7 Å². The predicted octanol–water partition coefficient (Wildman–Crippen LogP) is 0.136. The molecule has 0 spiro atoms. The first kappa shape index (κ1) is 15.9. The molecule has 3 N–H and O–H groups in total. The number of rotatable bonds is 5. The molecule has 0 saturated carbocycles. The summed E-state index contributed by atoms with van der Waals surface area (Å²) >= 11 is 0. The SMILES string of the molecule is CCOC(=O)C(O)C(O)c1ccc(C(=O)OC)c(O)c1. The molecule has 1 aromatic rings. The van der Waals surface area contributed by atoms with E-state index in [2.05, 4.69) is 9.47 Å². The summed E-state index contributed by atoms with van der Waals surface area (Å²) in [6.45, 7) is 1.63. The molecule has 0 radical (unpaired) electrons. The van der Waals surface area contributed by atoms with Crippen molar-refractivity contribution < 1.29 is 34.4 Å². The lowest BCUT2D eigenvalue weighted by Gasteiger charge is -2.17. The van der Waals surface area contributed by atoms with Gasteiger partial charge in [-0.1, -0.05) is 6.07 Å². The maximum atomic E-state index is 11.3. The highest BCUT2D eigenvalue weighted by Gasteiger charge is 2.27. The van der Waals surface area contributed by atoms with Gasteiger partial charge in [-0.2, -0.15) is 0 Å². The molecule has 0 heterocycles. The van der Waals surface area contributed by atoms with Crippen molar-refractivity contribution in [3.63, 3.8) is 0 Å². The van der Waals surface area contributed by atoms with Crippen LogP contribution in [0, 0.1) is 0 Å². The first-order valence-corrected chi connectivity index (χ1v) is 5.86. The van der Waals surface area contributed by atoms with Gasteiger partial charge in [0.05, 0.1) is 13.7 Å². The molecule has 7 heteroatoms. The molecule has 0 aliphatic heterocycles. The topological polar surface area (TPSA) is 113 Å². The summed E-state index contributed by atoms with van der Waals surface area (Å²) in [5.74, 6) is -2.14. The molecule has 0 saturated heterocycles. The number of esters is 2. The van der Waals surface area contributed by atoms with E-state index < -0.39 is 29.9 Å². The number of aliphatic hydroxyl groups excluding tert-OH is 2. The number of methoxy groups -OCH3 is 1. The van der Waals surface area contributed by atoms with E-state index >= 15 is 0 Å². The van der Waals surface area contributed by atoms with Crippen LogP contribution in [0.25, 0.3) is 0 Å². The second kappa shape index (κ2) is 6.88. The number of aromatic hydroxyl groups is 1. The van der Waals surface area contributed by atoms with E-state index in [9.17, 15) is 24.9 Å². The molecular formula is C13H16O7. The lowest BCUT2D eigenvalue weighted by molar-refractivity contribution is -0.159. The summed E-state index contributed by atoms with van der Waals surface area (Å²) in [5, 5.41) is 29.1. The predicted molar refractivity (Wildman–Crippen MR) is 67.0 cm³/mol. The fourth-order valence-electron chi connectivity index (χ4n) is 1.55. The Kier molecular flexibility index (Phi) is 5.48. The van der Waals surface area contributed by atoms with E-state index in [1.54, 1.807) is 6.92 Å². The molecule has 1 rings (SSSR count). The van der Waals surface area contributed by atoms with Crippen LogP contribution >= 0.6 is 0 Å². The third-order valence-corrected chi connectivity index (χ3v) is 2.60. The lowest BCUT2D eigenvalue weighted by Crippen LogP contribution is -2.29. The minimum Gasteiger partial charge on any atom is -0.507 e. The largest absolute Gasteiger partial charge is 0.507 e. The van der Waals surface area contributed by atoms with Crippen molar-refractivity contribution in [1.82, 2.24) is 0 Å². The van der Waals surface area contributed by atoms with E-state index in [0.717, 1.165) is 13.2 Å². The zero-order chi connectivity index (χ0) is 15.3. The van der Waals surface area contributed by atoms with E-state index in [1.165, 1.54) is 12.1 Å². The second-order valence-electron chi connectivity index (χ2n) is 3.91. The number of ether oxygens (including phenoxy) is 2. The van der Waals surface area contributed by atoms with Crippen LogP contribution in [0.3, 0.4) is 0 Å². The number of aliphatic hydroxyl groups is 2. The summed E-state index contributed by atoms with van der Waals surface area (Å²) < 4.78 is 9.02. The molecule has 1 aromatic carbocycles. The molecule has 2 unspecified atom stereocenters. The van der Waals surface area contributed by atoms with Gasteiger partial charge in [0.1, 0.15) is 17.4 Å². The Labute approximate surface area is 115 Å². The van der Waals surface area contributed by atoms with Gasteiger partial charge in [-0.3, -0.25) is 0 Å². The number of phenolic OH excluding ortho intramolecular Hbond substituents is 1. The number of benzene rings is 1. The molecule has 0 amide bonds. The van der Waals surface area contributed by atoms with Crippen LogP contribution in [0.4, 0.5) is 0 Å². The second-order valence-corrected chi connectivity index (χ2v) is 3.91. The molecule has 0 fully saturated rings. The molecule has 0 aliphatic rings. The number of carbonyl (C=O) groups excluding carboxylic acids is 2. The van der Waals surface area contributed by atoms with Gasteiger partial charge in [0.25, 0.3) is 0 Å². The van der Waals surface area contributed by atoms with Gasteiger partial charge in [-0.05, 0) is 24.6 Å². The van der Waals surface area contributed by atoms with E-state index in [0.29, 0.717) is 0 Å². The van der Waals surface area contributed by atoms with E-state index in [-0.39, 0.29) is 17.7 Å². The smallest absolute Gasteiger partial charge is 0.341 e. The molecule has 7 nitrogen and oxygen atoms in total. The van der Waals surface area contributed by atoms with Gasteiger partial charge in [-0.15, -0.1) is 0 Å². The van der Waals surface area contributed by atoms with Gasteiger partial charge >= 0.3 is 11.9 Å². The molecule has 0 aliphatic carbocycles. The van der Waals surface area contributed by atoms with E-state index in [4.69, 9.17) is 0 Å². The Morgan fingerprint density at radius 1 is 1.30 bits per heavy atom. The maximum Gasteiger partial charge on any atom is 0.341 e. The number of carbonyl (C=O) groups is 2. The molecule has 0 aromatic heterocycles. The Balaban J connectivity index is 2.95. The summed E-state index contributed by atoms with van der Waals surface area (Å²) in [7, 11) is 1.16. The van der Waals surface area contributed by atoms with Crippen LogP contribution in [0.1, 0.15) is 28.9 Å². The normalized spacial score (nSPS) is 13.4. The quantitative estimate of drug-likeness (QED) is 0.659. The Morgan fingerprint density at radius 2 is 1.95 bits per heavy atom. The van der Waals surface area contributed by atoms with Crippen molar-refractivity contribution in [2.24, 2.45) is 0 Å². The zero-order valence-corrected chi connectivity index (χ0v) is 11.1. The minimum atomic E-state index is -1.78. The monoisotopic (exact) mass is 284 g/mol. The first-order valence-electron chi connectivity index (χ1n) is 5.86. The molecular weight excluding hydrogens is 268 g/mol. The van der Waals surface area contributed by atoms with Crippen LogP contribution < -0.4 is 0 Å². The van der Waals surface area contributed by atoms with Crippen LogP contribution in [0.15, 0.2) is 18.2 Å². The minimum absolute atomic E-state index is 0.0646. The Hall–Kier alpha value is -2.12. The average molecular weight is 284 g/mol. The third kappa shape index (κ3) is 3.46. The van der Waals surface area contributed by atoms with Crippen LogP contribution in [0.2, 0.25) is 0 Å². The number of phenols is 1. The Bertz CT molecular complexity index is 497. The van der Waals surface area contributed by atoms with Gasteiger partial charge < -0.3 is 24.8 Å². The Morgan fingerprint density at radius 3 is 2.45 bits per heavy atom. The van der Waals surface area contributed by atoms with Crippen molar-refractivity contribution in [3.8, 4) is 5.75 Å². The fourth-order valence-corrected chi connectivity index (χ4v) is 1.55. The van der Waals surface area contributed by atoms with Crippen molar-refractivity contribution >= 4 is 11.9 Å². The fraction of sp³-hybridized carbons (Fsp3) is 0.385. The summed E-state index contributed by atoms with van der Waals surface area (Å²) in [6.07, 6.45) is -3.36. The van der Waals surface area contributed by atoms with Gasteiger partial charge in [-0.25, -0.2) is 9.59 Å². The van der Waals surface area contributed by atoms with Crippen molar-refractivity contribution in [2.45, 2.75) is 19.1 Å². The number of hydrogen-bond acceptors (Lipinski definition) is 7. The van der Waals surface area contributed by atoms with Crippen molar-refractivity contribution in [1.29, 1.82) is 0 Å². The highest BCUT2D eigenvalue weighted by Crippen LogP contribution is 2.25. The third-order valence-electron chi connectivity index (χ3n) is 2.60. The van der Waals surface area contributed by atoms with Gasteiger partial charge in [0.2, 0.25) is 0 Å². The molecule has 2 atom stereocenters. The van der Waals surface area contributed by atoms with Crippen molar-refractivity contribution in [3.05, 3.63) is 29.3 Å². The summed E-state index contributed by atoms with van der Waals surface area (Å²) in [5.41, 5.74) is -0.0234. The molecule has 0 bridgehead atoms. The highest BCUT2D eigenvalue weighted by atomic mass is 16.5. The average Bonchev–Trinajstić information content (AvgIpc) is 2.45. The van der Waals surface area contributed by atoms with Gasteiger partial charge in [0.15, 0.2) is 6.10 Å². The molecule has 20 heavy (non-hydrogen) atoms. The summed E-state index contributed by atoms with van der Waals surface area (Å²) in [6, 6.07) is 3.58. The van der Waals surface area contributed by atoms with Crippen LogP contribution in [0.5, 0.6) is 5.75 Å². The molecule has 110 valence electrons. The first-order chi connectivity index (χ1) is 9.42. The van der Waals surface area contributed by atoms with Crippen LogP contribution in [-0.4, -0.2) is 47.1 Å². The summed E-state index contributed by atoms with van der Waals surface area (Å²) in [4.78, 5) is 22.6. The lowest BCUT2D eigenvalue weighted by atomic mass is 10.0. The highest BCUT2D eigenvalue weighted by molar-refractivity contribution is 5.92. The zero-order valence-electron chi connectivity index (χ0n) is 11.1. The van der Waals surface area contributed by atoms with Gasteiger partial charge in [0, 0.05) is 0 Å². The maximum absolute atomic E-state index is 11.3.